The van der Waals surface area contributed by atoms with Gasteiger partial charge in [0.1, 0.15) is 5.82 Å². The lowest BCUT2D eigenvalue weighted by Gasteiger charge is -2.35. The lowest BCUT2D eigenvalue weighted by atomic mass is 9.96. The summed E-state index contributed by atoms with van der Waals surface area (Å²) in [7, 11) is 1.77. The van der Waals surface area contributed by atoms with Gasteiger partial charge in [0.15, 0.2) is 12.4 Å². The molecule has 34 heavy (non-hydrogen) atoms. The molecule has 0 spiro atoms. The van der Waals surface area contributed by atoms with Crippen LogP contribution in [-0.4, -0.2) is 76.0 Å². The van der Waals surface area contributed by atoms with Crippen LogP contribution >= 0.6 is 0 Å². The van der Waals surface area contributed by atoms with E-state index in [1.54, 1.807) is 18.0 Å². The van der Waals surface area contributed by atoms with E-state index in [-0.39, 0.29) is 12.5 Å². The number of nitrogens with one attached hydrogen (secondary N) is 1. The molecule has 178 valence electrons. The summed E-state index contributed by atoms with van der Waals surface area (Å²) in [5.41, 5.74) is 3.44. The summed E-state index contributed by atoms with van der Waals surface area (Å²) in [6.07, 6.45) is 6.25. The van der Waals surface area contributed by atoms with Crippen LogP contribution in [0.5, 0.6) is 5.88 Å². The molecular weight excluding hydrogens is 432 g/mol. The Morgan fingerprint density at radius 2 is 1.82 bits per heavy atom. The molecule has 0 bridgehead atoms. The van der Waals surface area contributed by atoms with Crippen molar-refractivity contribution < 1.29 is 9.53 Å². The first kappa shape index (κ1) is 22.1. The van der Waals surface area contributed by atoms with Crippen LogP contribution in [0.4, 0.5) is 11.6 Å². The third-order valence-electron chi connectivity index (χ3n) is 6.50. The number of aromatic amines is 1. The summed E-state index contributed by atoms with van der Waals surface area (Å²) in [6.45, 7) is 3.81. The number of carbonyl (C=O) groups is 1. The molecule has 0 radical (unpaired) electrons. The predicted molar refractivity (Wildman–Crippen MR) is 128 cm³/mol. The molecule has 0 aromatic carbocycles. The summed E-state index contributed by atoms with van der Waals surface area (Å²) >= 11 is 0. The number of fused-ring (bicyclic) bond motifs is 1. The van der Waals surface area contributed by atoms with E-state index in [1.807, 2.05) is 30.5 Å². The largest absolute Gasteiger partial charge is 0.466 e. The van der Waals surface area contributed by atoms with Crippen LogP contribution < -0.4 is 14.5 Å². The van der Waals surface area contributed by atoms with Crippen molar-refractivity contribution in [2.24, 2.45) is 0 Å². The topological polar surface area (TPSA) is 103 Å². The Balaban J connectivity index is 1.09. The summed E-state index contributed by atoms with van der Waals surface area (Å²) in [6, 6.07) is 9.62. The molecule has 10 heteroatoms. The molecule has 5 rings (SSSR count). The van der Waals surface area contributed by atoms with Crippen LogP contribution in [0.2, 0.25) is 0 Å². The number of piperazine rings is 1. The van der Waals surface area contributed by atoms with Gasteiger partial charge in [0, 0.05) is 51.2 Å². The number of pyridine rings is 1. The monoisotopic (exact) mass is 462 g/mol. The number of ether oxygens (including phenoxy) is 1. The highest BCUT2D eigenvalue weighted by molar-refractivity contribution is 5.77. The van der Waals surface area contributed by atoms with Gasteiger partial charge < -0.3 is 19.4 Å². The zero-order valence-corrected chi connectivity index (χ0v) is 19.5. The number of nitrogens with zero attached hydrogens (tertiary/aromatic N) is 7. The number of carbonyl (C=O) groups excluding carboxylic acids is 1. The van der Waals surface area contributed by atoms with Crippen LogP contribution in [0.3, 0.4) is 0 Å². The van der Waals surface area contributed by atoms with Crippen molar-refractivity contribution in [2.75, 3.05) is 49.6 Å². The fourth-order valence-corrected chi connectivity index (χ4v) is 4.50. The van der Waals surface area contributed by atoms with Crippen LogP contribution in [0.1, 0.15) is 29.8 Å². The SMILES string of the molecule is CN(Cc1n[nH]c2c1CCCC2)C(=O)COc1ccc(N2CCN(c3ccccn3)CC2)nn1. The quantitative estimate of drug-likeness (QED) is 0.567. The van der Waals surface area contributed by atoms with Crippen molar-refractivity contribution in [3.05, 3.63) is 53.5 Å². The molecule has 10 nitrogen and oxygen atoms in total. The zero-order chi connectivity index (χ0) is 23.3. The molecule has 1 aliphatic heterocycles. The molecule has 0 saturated carbocycles. The normalized spacial score (nSPS) is 15.7. The average molecular weight is 463 g/mol. The Morgan fingerprint density at radius 1 is 1.03 bits per heavy atom. The molecule has 1 amide bonds. The Hall–Kier alpha value is -3.69. The average Bonchev–Trinajstić information content (AvgIpc) is 3.31. The number of likely N-dealkylation sites (N-methyl/N-ethyl adjacent to an activating group) is 1. The minimum Gasteiger partial charge on any atom is -0.466 e. The number of aromatic nitrogens is 5. The van der Waals surface area contributed by atoms with E-state index in [0.29, 0.717) is 12.4 Å². The summed E-state index contributed by atoms with van der Waals surface area (Å²) < 4.78 is 5.61. The van der Waals surface area contributed by atoms with Crippen molar-refractivity contribution >= 4 is 17.5 Å². The van der Waals surface area contributed by atoms with E-state index in [9.17, 15) is 4.79 Å². The number of hydrogen-bond acceptors (Lipinski definition) is 8. The van der Waals surface area contributed by atoms with Crippen molar-refractivity contribution in [2.45, 2.75) is 32.2 Å². The molecule has 4 heterocycles. The maximum Gasteiger partial charge on any atom is 0.260 e. The summed E-state index contributed by atoms with van der Waals surface area (Å²) in [5.74, 6) is 2.03. The van der Waals surface area contributed by atoms with Gasteiger partial charge in [-0.15, -0.1) is 10.2 Å². The molecule has 1 aliphatic carbocycles. The first-order valence-corrected chi connectivity index (χ1v) is 11.8. The number of anilines is 2. The first-order chi connectivity index (χ1) is 16.7. The highest BCUT2D eigenvalue weighted by Crippen LogP contribution is 2.23. The molecule has 3 aromatic heterocycles. The maximum absolute atomic E-state index is 12.6. The Kier molecular flexibility index (Phi) is 6.55. The van der Waals surface area contributed by atoms with Crippen LogP contribution in [0.25, 0.3) is 0 Å². The van der Waals surface area contributed by atoms with E-state index >= 15 is 0 Å². The number of aryl methyl sites for hydroxylation is 1. The van der Waals surface area contributed by atoms with Gasteiger partial charge in [-0.3, -0.25) is 9.89 Å². The minimum absolute atomic E-state index is 0.0834. The molecule has 0 atom stereocenters. The van der Waals surface area contributed by atoms with E-state index in [4.69, 9.17) is 4.74 Å². The summed E-state index contributed by atoms with van der Waals surface area (Å²) in [4.78, 5) is 23.1. The molecule has 1 fully saturated rings. The highest BCUT2D eigenvalue weighted by Gasteiger charge is 2.21. The molecular formula is C24H30N8O2. The maximum atomic E-state index is 12.6. The number of H-pyrrole nitrogens is 1. The lowest BCUT2D eigenvalue weighted by molar-refractivity contribution is -0.132. The molecule has 2 aliphatic rings. The van der Waals surface area contributed by atoms with Gasteiger partial charge in [-0.05, 0) is 49.4 Å². The van der Waals surface area contributed by atoms with Crippen molar-refractivity contribution in [1.29, 1.82) is 0 Å². The molecule has 0 unspecified atom stereocenters. The van der Waals surface area contributed by atoms with Crippen molar-refractivity contribution in [3.63, 3.8) is 0 Å². The van der Waals surface area contributed by atoms with Crippen molar-refractivity contribution in [3.8, 4) is 5.88 Å². The van der Waals surface area contributed by atoms with Gasteiger partial charge in [0.25, 0.3) is 5.91 Å². The van der Waals surface area contributed by atoms with Crippen LogP contribution in [-0.2, 0) is 24.2 Å². The second-order valence-corrected chi connectivity index (χ2v) is 8.76. The van der Waals surface area contributed by atoms with E-state index < -0.39 is 0 Å². The van der Waals surface area contributed by atoms with Gasteiger partial charge in [-0.2, -0.15) is 5.10 Å². The predicted octanol–water partition coefficient (Wildman–Crippen LogP) is 1.84. The standard InChI is InChI=1S/C24H30N8O2/c1-30(16-20-18-6-2-3-7-19(18)26-27-20)24(33)17-34-23-10-9-22(28-29-23)32-14-12-31(13-15-32)21-8-4-5-11-25-21/h4-5,8-11H,2-3,6-7,12-17H2,1H3,(H,26,27). The lowest BCUT2D eigenvalue weighted by Crippen LogP contribution is -2.47. The Bertz CT molecular complexity index is 1090. The van der Waals surface area contributed by atoms with E-state index in [1.165, 1.54) is 24.1 Å². The van der Waals surface area contributed by atoms with E-state index in [2.05, 4.69) is 35.2 Å². The van der Waals surface area contributed by atoms with Gasteiger partial charge in [-0.1, -0.05) is 6.07 Å². The minimum atomic E-state index is -0.121. The van der Waals surface area contributed by atoms with E-state index in [0.717, 1.165) is 56.4 Å². The number of amides is 1. The third kappa shape index (κ3) is 4.95. The third-order valence-corrected chi connectivity index (χ3v) is 6.50. The number of rotatable bonds is 7. The smallest absolute Gasteiger partial charge is 0.260 e. The highest BCUT2D eigenvalue weighted by atomic mass is 16.5. The van der Waals surface area contributed by atoms with Crippen molar-refractivity contribution in [1.82, 2.24) is 30.3 Å². The zero-order valence-electron chi connectivity index (χ0n) is 19.5. The van der Waals surface area contributed by atoms with Gasteiger partial charge in [0.2, 0.25) is 5.88 Å². The molecule has 1 N–H and O–H groups in total. The fourth-order valence-electron chi connectivity index (χ4n) is 4.50. The molecule has 1 saturated heterocycles. The second-order valence-electron chi connectivity index (χ2n) is 8.76. The summed E-state index contributed by atoms with van der Waals surface area (Å²) in [5, 5.41) is 16.0. The second kappa shape index (κ2) is 10.1. The van der Waals surface area contributed by atoms with Crippen LogP contribution in [0.15, 0.2) is 36.5 Å². The van der Waals surface area contributed by atoms with Gasteiger partial charge in [-0.25, -0.2) is 4.98 Å². The first-order valence-electron chi connectivity index (χ1n) is 11.8. The van der Waals surface area contributed by atoms with Gasteiger partial charge in [0.05, 0.1) is 12.2 Å². The fraction of sp³-hybridized carbons (Fsp3) is 0.458. The Morgan fingerprint density at radius 3 is 2.56 bits per heavy atom. The van der Waals surface area contributed by atoms with Gasteiger partial charge >= 0.3 is 0 Å². The molecule has 3 aromatic rings. The number of hydrogen-bond donors (Lipinski definition) is 1. The Labute approximate surface area is 198 Å². The van der Waals surface area contributed by atoms with Crippen LogP contribution in [0, 0.1) is 0 Å².